The Morgan fingerprint density at radius 1 is 0.941 bits per heavy atom. The first-order valence-electron chi connectivity index (χ1n) is 10.1. The van der Waals surface area contributed by atoms with Crippen molar-refractivity contribution in [3.05, 3.63) is 81.5 Å². The number of nitrogens with one attached hydrogen (secondary N) is 2. The van der Waals surface area contributed by atoms with E-state index in [2.05, 4.69) is 20.6 Å². The highest BCUT2D eigenvalue weighted by Gasteiger charge is 2.21. The van der Waals surface area contributed by atoms with Crippen LogP contribution in [0.1, 0.15) is 26.3 Å². The summed E-state index contributed by atoms with van der Waals surface area (Å²) < 4.78 is 5.38. The van der Waals surface area contributed by atoms with E-state index in [1.54, 1.807) is 43.4 Å². The van der Waals surface area contributed by atoms with Crippen molar-refractivity contribution in [2.45, 2.75) is 0 Å². The van der Waals surface area contributed by atoms with Gasteiger partial charge in [0.15, 0.2) is 0 Å². The predicted octanol–water partition coefficient (Wildman–Crippen LogP) is 4.84. The number of pyridine rings is 1. The first-order valence-corrected chi connectivity index (χ1v) is 10.9. The van der Waals surface area contributed by atoms with Gasteiger partial charge in [0.05, 0.1) is 23.4 Å². The molecule has 0 saturated carbocycles. The van der Waals surface area contributed by atoms with Crippen LogP contribution in [0.3, 0.4) is 0 Å². The van der Waals surface area contributed by atoms with E-state index >= 15 is 0 Å². The number of benzene rings is 2. The number of hydrogen-bond donors (Lipinski definition) is 2. The second-order valence-corrected chi connectivity index (χ2v) is 8.19. The molecule has 176 valence electrons. The fraction of sp³-hybridized carbons (Fsp3) is 0.167. The molecule has 10 heteroatoms. The molecule has 1 heterocycles. The molecular formula is C24H23Cl2N5O3. The van der Waals surface area contributed by atoms with Crippen molar-refractivity contribution < 1.29 is 14.3 Å². The third-order valence-electron chi connectivity index (χ3n) is 4.78. The molecule has 2 amide bonds. The Balaban J connectivity index is 1.90. The Hall–Kier alpha value is -3.62. The highest BCUT2D eigenvalue weighted by molar-refractivity contribution is 6.32. The van der Waals surface area contributed by atoms with Crippen molar-refractivity contribution in [3.63, 3.8) is 0 Å². The lowest BCUT2D eigenvalue weighted by Gasteiger charge is -2.17. The first-order chi connectivity index (χ1) is 16.2. The molecule has 3 aromatic rings. The number of carbonyl (C=O) groups is 2. The minimum atomic E-state index is -0.531. The van der Waals surface area contributed by atoms with Crippen LogP contribution in [-0.2, 0) is 0 Å². The number of halogens is 2. The molecule has 0 saturated heterocycles. The maximum atomic E-state index is 13.0. The number of amidine groups is 1. The molecule has 2 N–H and O–H groups in total. The van der Waals surface area contributed by atoms with E-state index in [0.29, 0.717) is 10.6 Å². The van der Waals surface area contributed by atoms with Crippen LogP contribution in [0, 0.1) is 0 Å². The van der Waals surface area contributed by atoms with Crippen LogP contribution in [0.5, 0.6) is 5.75 Å². The number of rotatable bonds is 6. The van der Waals surface area contributed by atoms with E-state index in [-0.39, 0.29) is 27.8 Å². The number of methoxy groups -OCH3 is 1. The van der Waals surface area contributed by atoms with Gasteiger partial charge in [-0.2, -0.15) is 0 Å². The van der Waals surface area contributed by atoms with E-state index in [1.807, 2.05) is 19.0 Å². The first kappa shape index (κ1) is 25.0. The van der Waals surface area contributed by atoms with Gasteiger partial charge in [-0.15, -0.1) is 0 Å². The summed E-state index contributed by atoms with van der Waals surface area (Å²) in [4.78, 5) is 36.2. The van der Waals surface area contributed by atoms with Crippen molar-refractivity contribution in [2.75, 3.05) is 38.9 Å². The summed E-state index contributed by atoms with van der Waals surface area (Å²) in [7, 11) is 6.91. The monoisotopic (exact) mass is 499 g/mol. The van der Waals surface area contributed by atoms with Crippen LogP contribution in [0.4, 0.5) is 11.5 Å². The highest BCUT2D eigenvalue weighted by Crippen LogP contribution is 2.33. The maximum absolute atomic E-state index is 13.0. The van der Waals surface area contributed by atoms with Crippen molar-refractivity contribution >= 4 is 52.4 Å². The third kappa shape index (κ3) is 5.84. The summed E-state index contributed by atoms with van der Waals surface area (Å²) in [5.74, 6) is 0.345. The van der Waals surface area contributed by atoms with Gasteiger partial charge >= 0.3 is 0 Å². The van der Waals surface area contributed by atoms with Crippen molar-refractivity contribution in [1.29, 1.82) is 0 Å². The van der Waals surface area contributed by atoms with Crippen molar-refractivity contribution in [1.82, 2.24) is 9.88 Å². The minimum absolute atomic E-state index is 0.110. The number of aromatic nitrogens is 1. The smallest absolute Gasteiger partial charge is 0.259 e. The van der Waals surface area contributed by atoms with Gasteiger partial charge in [-0.25, -0.2) is 4.98 Å². The summed E-state index contributed by atoms with van der Waals surface area (Å²) in [6.45, 7) is 0. The van der Waals surface area contributed by atoms with Crippen molar-refractivity contribution in [2.24, 2.45) is 4.99 Å². The number of aliphatic imine (C=N–C) groups is 1. The lowest BCUT2D eigenvalue weighted by atomic mass is 10.1. The van der Waals surface area contributed by atoms with Crippen LogP contribution in [-0.4, -0.2) is 55.8 Å². The molecule has 0 aliphatic rings. The molecule has 0 fully saturated rings. The number of ether oxygens (including phenoxy) is 1. The molecule has 34 heavy (non-hydrogen) atoms. The highest BCUT2D eigenvalue weighted by atomic mass is 35.5. The van der Waals surface area contributed by atoms with Gasteiger partial charge < -0.3 is 20.3 Å². The number of carbonyl (C=O) groups excluding carboxylic acids is 2. The lowest BCUT2D eigenvalue weighted by molar-refractivity contribution is 0.102. The Morgan fingerprint density at radius 2 is 1.62 bits per heavy atom. The van der Waals surface area contributed by atoms with Crippen LogP contribution < -0.4 is 15.4 Å². The lowest BCUT2D eigenvalue weighted by Crippen LogP contribution is -2.23. The molecular weight excluding hydrogens is 477 g/mol. The Kier molecular flexibility index (Phi) is 8.09. The SMILES string of the molecule is C/N=C(\c1ccc(C(=O)Nc2c(OC)cc(Cl)cc2C(=O)Nc2ccc(Cl)cn2)cc1)N(C)C. The molecule has 2 aromatic carbocycles. The number of anilines is 2. The molecule has 0 atom stereocenters. The summed E-state index contributed by atoms with van der Waals surface area (Å²) in [5, 5.41) is 6.13. The molecule has 0 aliphatic heterocycles. The Morgan fingerprint density at radius 3 is 2.18 bits per heavy atom. The largest absolute Gasteiger partial charge is 0.494 e. The van der Waals surface area contributed by atoms with Gasteiger partial charge in [-0.3, -0.25) is 14.6 Å². The van der Waals surface area contributed by atoms with Gasteiger partial charge in [-0.05, 0) is 30.3 Å². The standard InChI is InChI=1S/C24H23Cl2N5O3/c1-27-22(31(2)3)14-5-7-15(8-6-14)23(32)30-21-18(11-17(26)12-19(21)34-4)24(33)29-20-10-9-16(25)13-28-20/h5-13H,1-4H3,(H,30,32)(H,28,29,33)/b27-22+. The molecule has 1 aromatic heterocycles. The third-order valence-corrected chi connectivity index (χ3v) is 5.22. The second kappa shape index (κ2) is 11.0. The van der Waals surface area contributed by atoms with E-state index in [0.717, 1.165) is 11.4 Å². The molecule has 3 rings (SSSR count). The maximum Gasteiger partial charge on any atom is 0.259 e. The average molecular weight is 500 g/mol. The zero-order valence-corrected chi connectivity index (χ0v) is 20.5. The van der Waals surface area contributed by atoms with Gasteiger partial charge in [0.2, 0.25) is 0 Å². The molecule has 0 aliphatic carbocycles. The summed E-state index contributed by atoms with van der Waals surface area (Å²) in [6.07, 6.45) is 1.41. The van der Waals surface area contributed by atoms with E-state index in [1.165, 1.54) is 25.4 Å². The Labute approximate surface area is 207 Å². The molecule has 8 nitrogen and oxygen atoms in total. The minimum Gasteiger partial charge on any atom is -0.494 e. The Bertz CT molecular complexity index is 1230. The van der Waals surface area contributed by atoms with Gasteiger partial charge in [0, 0.05) is 49.6 Å². The molecule has 0 spiro atoms. The second-order valence-electron chi connectivity index (χ2n) is 7.32. The molecule has 0 unspecified atom stereocenters. The summed E-state index contributed by atoms with van der Waals surface area (Å²) >= 11 is 12.0. The quantitative estimate of drug-likeness (QED) is 0.373. The number of nitrogens with zero attached hydrogens (tertiary/aromatic N) is 3. The van der Waals surface area contributed by atoms with Crippen molar-refractivity contribution in [3.8, 4) is 5.75 Å². The zero-order valence-electron chi connectivity index (χ0n) is 19.0. The summed E-state index contributed by atoms with van der Waals surface area (Å²) in [5.41, 5.74) is 1.54. The number of hydrogen-bond acceptors (Lipinski definition) is 5. The van der Waals surface area contributed by atoms with E-state index in [4.69, 9.17) is 27.9 Å². The van der Waals surface area contributed by atoms with Crippen LogP contribution in [0.25, 0.3) is 0 Å². The average Bonchev–Trinajstić information content (AvgIpc) is 2.81. The fourth-order valence-electron chi connectivity index (χ4n) is 3.23. The predicted molar refractivity (Wildman–Crippen MR) is 136 cm³/mol. The summed E-state index contributed by atoms with van der Waals surface area (Å²) in [6, 6.07) is 13.1. The normalized spacial score (nSPS) is 11.1. The fourth-order valence-corrected chi connectivity index (χ4v) is 3.55. The van der Waals surface area contributed by atoms with Gasteiger partial charge in [0.1, 0.15) is 17.4 Å². The van der Waals surface area contributed by atoms with E-state index in [9.17, 15) is 9.59 Å². The van der Waals surface area contributed by atoms with Crippen LogP contribution in [0.15, 0.2) is 59.7 Å². The van der Waals surface area contributed by atoms with Crippen LogP contribution in [0.2, 0.25) is 10.0 Å². The van der Waals surface area contributed by atoms with Gasteiger partial charge in [-0.1, -0.05) is 35.3 Å². The number of amides is 2. The van der Waals surface area contributed by atoms with Gasteiger partial charge in [0.25, 0.3) is 11.8 Å². The molecule has 0 radical (unpaired) electrons. The molecule has 0 bridgehead atoms. The van der Waals surface area contributed by atoms with E-state index < -0.39 is 11.8 Å². The topological polar surface area (TPSA) is 95.9 Å². The zero-order chi connectivity index (χ0) is 24.8. The van der Waals surface area contributed by atoms with Crippen LogP contribution >= 0.6 is 23.2 Å².